The lowest BCUT2D eigenvalue weighted by atomic mass is 9.87. The summed E-state index contributed by atoms with van der Waals surface area (Å²) >= 11 is 0. The van der Waals surface area contributed by atoms with Crippen molar-refractivity contribution in [1.82, 2.24) is 15.2 Å². The Morgan fingerprint density at radius 3 is 2.59 bits per heavy atom. The number of hydrogen-bond donors (Lipinski definition) is 1. The Kier molecular flexibility index (Phi) is 6.88. The van der Waals surface area contributed by atoms with E-state index in [-0.39, 0.29) is 36.1 Å². The van der Waals surface area contributed by atoms with E-state index in [2.05, 4.69) is 58.5 Å². The molecule has 39 heavy (non-hydrogen) atoms. The molecule has 2 aliphatic rings. The molecular weight excluding hydrogens is 490 g/mol. The number of nitrogens with zero attached hydrogens (tertiary/aromatic N) is 2. The Morgan fingerprint density at radius 2 is 1.82 bits per heavy atom. The number of carbonyl (C=O) groups excluding carboxylic acids is 2. The van der Waals surface area contributed by atoms with Crippen LogP contribution in [-0.4, -0.2) is 28.2 Å². The van der Waals surface area contributed by atoms with Crippen molar-refractivity contribution in [3.63, 3.8) is 0 Å². The van der Waals surface area contributed by atoms with Gasteiger partial charge in [-0.25, -0.2) is 0 Å². The maximum atomic E-state index is 13.2. The predicted molar refractivity (Wildman–Crippen MR) is 146 cm³/mol. The third-order valence-electron chi connectivity index (χ3n) is 7.42. The first-order valence-electron chi connectivity index (χ1n) is 13.4. The Morgan fingerprint density at radius 1 is 1.03 bits per heavy atom. The smallest absolute Gasteiger partial charge is 0.287 e. The lowest BCUT2D eigenvalue weighted by molar-refractivity contribution is -0.134. The van der Waals surface area contributed by atoms with Crippen LogP contribution in [0.1, 0.15) is 63.0 Å². The van der Waals surface area contributed by atoms with Crippen LogP contribution in [0, 0.1) is 12.8 Å². The van der Waals surface area contributed by atoms with E-state index in [0.29, 0.717) is 18.1 Å². The number of fused-ring (bicyclic) bond motifs is 1. The number of ether oxygens (including phenoxy) is 1. The lowest BCUT2D eigenvalue weighted by Gasteiger charge is -2.38. The fourth-order valence-electron chi connectivity index (χ4n) is 5.10. The van der Waals surface area contributed by atoms with Gasteiger partial charge >= 0.3 is 0 Å². The Labute approximate surface area is 227 Å². The summed E-state index contributed by atoms with van der Waals surface area (Å²) in [6.45, 7) is 3.38. The van der Waals surface area contributed by atoms with E-state index in [0.717, 1.165) is 42.5 Å². The summed E-state index contributed by atoms with van der Waals surface area (Å²) in [4.78, 5) is 31.8. The molecule has 1 N–H and O–H groups in total. The number of rotatable bonds is 8. The highest BCUT2D eigenvalue weighted by Crippen LogP contribution is 2.41. The summed E-state index contributed by atoms with van der Waals surface area (Å²) in [5.41, 5.74) is 5.60. The highest BCUT2D eigenvalue weighted by atomic mass is 16.5. The van der Waals surface area contributed by atoms with Gasteiger partial charge < -0.3 is 19.4 Å². The van der Waals surface area contributed by atoms with Gasteiger partial charge in [-0.05, 0) is 84.8 Å². The third kappa shape index (κ3) is 5.58. The van der Waals surface area contributed by atoms with Crippen molar-refractivity contribution in [1.29, 1.82) is 0 Å². The molecule has 1 aliphatic heterocycles. The molecule has 0 spiro atoms. The molecule has 4 aromatic rings. The van der Waals surface area contributed by atoms with Crippen LogP contribution in [-0.2, 0) is 24.4 Å². The fourth-order valence-corrected chi connectivity index (χ4v) is 5.10. The standard InChI is InChI=1S/C32H31N3O4/c1-21-2-4-24(5-3-21)30-28-18-26(9-8-23(28)14-17-35(30)32(37)25-6-7-25)38-20-27-10-11-29(39-27)31(36)34-19-22-12-15-33-16-13-22/h2-5,8-13,15-16,18,25,30H,6-7,14,17,19-20H2,1H3,(H,34,36)/t30-/m0/s1. The van der Waals surface area contributed by atoms with Crippen LogP contribution < -0.4 is 10.1 Å². The van der Waals surface area contributed by atoms with E-state index >= 15 is 0 Å². The van der Waals surface area contributed by atoms with Gasteiger partial charge in [-0.3, -0.25) is 14.6 Å². The molecule has 2 amide bonds. The van der Waals surface area contributed by atoms with Crippen molar-refractivity contribution < 1.29 is 18.7 Å². The summed E-state index contributed by atoms with van der Waals surface area (Å²) in [6.07, 6.45) is 6.18. The molecule has 1 aliphatic carbocycles. The number of aryl methyl sites for hydroxylation is 1. The molecule has 0 unspecified atom stereocenters. The summed E-state index contributed by atoms with van der Waals surface area (Å²) in [5, 5.41) is 2.85. The molecule has 0 saturated heterocycles. The van der Waals surface area contributed by atoms with Gasteiger partial charge in [0, 0.05) is 31.4 Å². The first-order chi connectivity index (χ1) is 19.0. The quantitative estimate of drug-likeness (QED) is 0.337. The molecule has 7 nitrogen and oxygen atoms in total. The molecule has 3 heterocycles. The zero-order valence-corrected chi connectivity index (χ0v) is 21.9. The van der Waals surface area contributed by atoms with E-state index < -0.39 is 0 Å². The van der Waals surface area contributed by atoms with Crippen LogP contribution in [0.2, 0.25) is 0 Å². The molecule has 7 heteroatoms. The SMILES string of the molecule is Cc1ccc([C@H]2c3cc(OCc4ccc(C(=O)NCc5ccncc5)o4)ccc3CCN2C(=O)C2CC2)cc1. The molecule has 198 valence electrons. The highest BCUT2D eigenvalue weighted by Gasteiger charge is 2.39. The van der Waals surface area contributed by atoms with Crippen molar-refractivity contribution in [2.45, 2.75) is 45.4 Å². The minimum Gasteiger partial charge on any atom is -0.486 e. The van der Waals surface area contributed by atoms with Crippen LogP contribution in [0.4, 0.5) is 0 Å². The molecule has 2 aromatic carbocycles. The molecule has 1 saturated carbocycles. The van der Waals surface area contributed by atoms with E-state index in [9.17, 15) is 9.59 Å². The van der Waals surface area contributed by atoms with Crippen molar-refractivity contribution >= 4 is 11.8 Å². The lowest BCUT2D eigenvalue weighted by Crippen LogP contribution is -2.41. The number of pyridine rings is 1. The van der Waals surface area contributed by atoms with E-state index in [1.807, 2.05) is 18.2 Å². The number of amides is 2. The molecule has 2 aromatic heterocycles. The molecule has 0 bridgehead atoms. The number of carbonyl (C=O) groups is 2. The first kappa shape index (κ1) is 24.9. The number of hydrogen-bond acceptors (Lipinski definition) is 5. The maximum absolute atomic E-state index is 13.2. The average Bonchev–Trinajstić information content (AvgIpc) is 3.72. The molecule has 6 rings (SSSR count). The van der Waals surface area contributed by atoms with Gasteiger partial charge in [-0.15, -0.1) is 0 Å². The van der Waals surface area contributed by atoms with Crippen LogP contribution in [0.15, 0.2) is 83.5 Å². The van der Waals surface area contributed by atoms with Gasteiger partial charge in [0.1, 0.15) is 18.1 Å². The van der Waals surface area contributed by atoms with Crippen molar-refractivity contribution in [2.75, 3.05) is 6.54 Å². The summed E-state index contributed by atoms with van der Waals surface area (Å²) in [6, 6.07) is 21.6. The zero-order chi connectivity index (χ0) is 26.8. The summed E-state index contributed by atoms with van der Waals surface area (Å²) in [7, 11) is 0. The van der Waals surface area contributed by atoms with Crippen LogP contribution in [0.3, 0.4) is 0 Å². The van der Waals surface area contributed by atoms with Gasteiger partial charge in [-0.1, -0.05) is 35.9 Å². The van der Waals surface area contributed by atoms with Crippen molar-refractivity contribution in [2.24, 2.45) is 5.92 Å². The van der Waals surface area contributed by atoms with Gasteiger partial charge in [0.05, 0.1) is 6.04 Å². The third-order valence-corrected chi connectivity index (χ3v) is 7.42. The van der Waals surface area contributed by atoms with Crippen molar-refractivity contribution in [3.05, 3.63) is 118 Å². The fraction of sp³-hybridized carbons (Fsp3) is 0.281. The maximum Gasteiger partial charge on any atom is 0.287 e. The highest BCUT2D eigenvalue weighted by molar-refractivity contribution is 5.91. The second kappa shape index (κ2) is 10.8. The minimum absolute atomic E-state index is 0.134. The Bertz CT molecular complexity index is 1480. The van der Waals surface area contributed by atoms with Gasteiger partial charge in [-0.2, -0.15) is 0 Å². The van der Waals surface area contributed by atoms with Crippen LogP contribution in [0.25, 0.3) is 0 Å². The second-order valence-electron chi connectivity index (χ2n) is 10.3. The minimum atomic E-state index is -0.284. The summed E-state index contributed by atoms with van der Waals surface area (Å²) < 4.78 is 11.9. The number of furan rings is 1. The van der Waals surface area contributed by atoms with Gasteiger partial charge in [0.15, 0.2) is 5.76 Å². The number of benzene rings is 2. The van der Waals surface area contributed by atoms with E-state index in [4.69, 9.17) is 9.15 Å². The Hall–Kier alpha value is -4.39. The molecule has 0 radical (unpaired) electrons. The van der Waals surface area contributed by atoms with E-state index in [1.54, 1.807) is 24.5 Å². The second-order valence-corrected chi connectivity index (χ2v) is 10.3. The topological polar surface area (TPSA) is 84.7 Å². The summed E-state index contributed by atoms with van der Waals surface area (Å²) in [5.74, 6) is 1.63. The van der Waals surface area contributed by atoms with Crippen molar-refractivity contribution in [3.8, 4) is 5.75 Å². The predicted octanol–water partition coefficient (Wildman–Crippen LogP) is 5.38. The van der Waals surface area contributed by atoms with E-state index in [1.165, 1.54) is 11.1 Å². The first-order valence-corrected chi connectivity index (χ1v) is 13.4. The molecule has 1 atom stereocenters. The number of aromatic nitrogens is 1. The normalized spacial score (nSPS) is 16.4. The number of nitrogens with one attached hydrogen (secondary N) is 1. The molecule has 1 fully saturated rings. The van der Waals surface area contributed by atoms with Crippen LogP contribution >= 0.6 is 0 Å². The monoisotopic (exact) mass is 521 g/mol. The van der Waals surface area contributed by atoms with Gasteiger partial charge in [0.25, 0.3) is 5.91 Å². The zero-order valence-electron chi connectivity index (χ0n) is 21.9. The van der Waals surface area contributed by atoms with Crippen LogP contribution in [0.5, 0.6) is 5.75 Å². The molecular formula is C32H31N3O4. The average molecular weight is 522 g/mol. The van der Waals surface area contributed by atoms with Gasteiger partial charge in [0.2, 0.25) is 5.91 Å². The largest absolute Gasteiger partial charge is 0.486 e. The Balaban J connectivity index is 1.17.